The standard InChI is InChI=1S/C23H21N3O6/c1-30-20-10-12-22(13-11-20)32-16-23(27)25-24-14-17-4-8-21(9-5-17)31-15-18-2-6-19(7-3-18)26(28)29/h2-14H,15-16H2,1H3,(H,25,27)/b24-14-. The van der Waals surface area contributed by atoms with Gasteiger partial charge >= 0.3 is 0 Å². The summed E-state index contributed by atoms with van der Waals surface area (Å²) >= 11 is 0. The number of nitro groups is 1. The van der Waals surface area contributed by atoms with Crippen molar-refractivity contribution < 1.29 is 23.9 Å². The van der Waals surface area contributed by atoms with E-state index in [-0.39, 0.29) is 24.8 Å². The lowest BCUT2D eigenvalue weighted by atomic mass is 10.2. The minimum atomic E-state index is -0.443. The first-order chi connectivity index (χ1) is 15.5. The summed E-state index contributed by atoms with van der Waals surface area (Å²) in [5, 5.41) is 14.6. The summed E-state index contributed by atoms with van der Waals surface area (Å²) in [6.07, 6.45) is 1.51. The SMILES string of the molecule is COc1ccc(OCC(=O)N/N=C\c2ccc(OCc3ccc([N+](=O)[O-])cc3)cc2)cc1. The van der Waals surface area contributed by atoms with Gasteiger partial charge in [0.25, 0.3) is 11.6 Å². The molecular weight excluding hydrogens is 414 g/mol. The lowest BCUT2D eigenvalue weighted by Crippen LogP contribution is -2.24. The maximum absolute atomic E-state index is 11.8. The number of nitro benzene ring substituents is 1. The molecule has 1 N–H and O–H groups in total. The molecule has 0 unspecified atom stereocenters. The molecule has 0 atom stereocenters. The topological polar surface area (TPSA) is 112 Å². The predicted octanol–water partition coefficient (Wildman–Crippen LogP) is 3.71. The molecule has 0 radical (unpaired) electrons. The zero-order valence-electron chi connectivity index (χ0n) is 17.3. The lowest BCUT2D eigenvalue weighted by molar-refractivity contribution is -0.384. The van der Waals surface area contributed by atoms with Crippen LogP contribution in [-0.4, -0.2) is 30.8 Å². The quantitative estimate of drug-likeness (QED) is 0.295. The molecule has 9 heteroatoms. The normalized spacial score (nSPS) is 10.5. The summed E-state index contributed by atoms with van der Waals surface area (Å²) in [4.78, 5) is 22.1. The van der Waals surface area contributed by atoms with Crippen molar-refractivity contribution in [2.75, 3.05) is 13.7 Å². The molecule has 3 aromatic rings. The fourth-order valence-corrected chi connectivity index (χ4v) is 2.56. The Balaban J connectivity index is 1.41. The van der Waals surface area contributed by atoms with Crippen molar-refractivity contribution in [3.05, 3.63) is 94.0 Å². The van der Waals surface area contributed by atoms with Gasteiger partial charge in [-0.2, -0.15) is 5.10 Å². The first-order valence-corrected chi connectivity index (χ1v) is 9.58. The van der Waals surface area contributed by atoms with E-state index in [1.165, 1.54) is 18.3 Å². The fraction of sp³-hybridized carbons (Fsp3) is 0.130. The number of hydrogen-bond acceptors (Lipinski definition) is 7. The van der Waals surface area contributed by atoms with Crippen molar-refractivity contribution in [2.45, 2.75) is 6.61 Å². The van der Waals surface area contributed by atoms with E-state index in [2.05, 4.69) is 10.5 Å². The van der Waals surface area contributed by atoms with E-state index in [1.54, 1.807) is 67.8 Å². The van der Waals surface area contributed by atoms with Crippen molar-refractivity contribution in [1.29, 1.82) is 0 Å². The Hall–Kier alpha value is -4.40. The van der Waals surface area contributed by atoms with E-state index in [4.69, 9.17) is 14.2 Å². The van der Waals surface area contributed by atoms with Gasteiger partial charge in [0.15, 0.2) is 6.61 Å². The predicted molar refractivity (Wildman–Crippen MR) is 118 cm³/mol. The number of amides is 1. The van der Waals surface area contributed by atoms with Gasteiger partial charge in [-0.05, 0) is 71.8 Å². The molecule has 0 aliphatic heterocycles. The molecule has 0 heterocycles. The highest BCUT2D eigenvalue weighted by Gasteiger charge is 2.05. The Morgan fingerprint density at radius 1 is 0.938 bits per heavy atom. The molecule has 164 valence electrons. The molecule has 3 rings (SSSR count). The van der Waals surface area contributed by atoms with Crippen LogP contribution in [0, 0.1) is 10.1 Å². The van der Waals surface area contributed by atoms with Gasteiger partial charge in [0.05, 0.1) is 18.2 Å². The number of hydrazone groups is 1. The number of benzene rings is 3. The molecule has 0 saturated heterocycles. The number of rotatable bonds is 10. The number of non-ortho nitro benzene ring substituents is 1. The molecular formula is C23H21N3O6. The van der Waals surface area contributed by atoms with E-state index in [1.807, 2.05) is 0 Å². The molecule has 0 aromatic heterocycles. The van der Waals surface area contributed by atoms with Gasteiger partial charge < -0.3 is 14.2 Å². The number of methoxy groups -OCH3 is 1. The van der Waals surface area contributed by atoms with Gasteiger partial charge in [-0.25, -0.2) is 5.43 Å². The summed E-state index contributed by atoms with van der Waals surface area (Å²) < 4.78 is 16.1. The Morgan fingerprint density at radius 3 is 2.16 bits per heavy atom. The number of carbonyl (C=O) groups excluding carboxylic acids is 1. The highest BCUT2D eigenvalue weighted by molar-refractivity contribution is 5.83. The molecule has 0 bridgehead atoms. The second kappa shape index (κ2) is 11.1. The summed E-state index contributed by atoms with van der Waals surface area (Å²) in [6.45, 7) is 0.120. The average Bonchev–Trinajstić information content (AvgIpc) is 2.83. The van der Waals surface area contributed by atoms with Crippen LogP contribution in [0.4, 0.5) is 5.69 Å². The highest BCUT2D eigenvalue weighted by Crippen LogP contribution is 2.17. The Labute approximate surface area is 184 Å². The number of hydrogen-bond donors (Lipinski definition) is 1. The van der Waals surface area contributed by atoms with Crippen molar-refractivity contribution in [1.82, 2.24) is 5.43 Å². The Morgan fingerprint density at radius 2 is 1.53 bits per heavy atom. The maximum Gasteiger partial charge on any atom is 0.277 e. The van der Waals surface area contributed by atoms with E-state index >= 15 is 0 Å². The molecule has 0 saturated carbocycles. The van der Waals surface area contributed by atoms with Gasteiger partial charge in [0.2, 0.25) is 0 Å². The van der Waals surface area contributed by atoms with Crippen LogP contribution in [0.2, 0.25) is 0 Å². The van der Waals surface area contributed by atoms with Crippen LogP contribution in [0.25, 0.3) is 0 Å². The molecule has 0 aliphatic rings. The van der Waals surface area contributed by atoms with Crippen LogP contribution in [0.1, 0.15) is 11.1 Å². The van der Waals surface area contributed by atoms with Gasteiger partial charge in [-0.3, -0.25) is 14.9 Å². The second-order valence-electron chi connectivity index (χ2n) is 6.54. The largest absolute Gasteiger partial charge is 0.497 e. The minimum absolute atomic E-state index is 0.0387. The van der Waals surface area contributed by atoms with E-state index in [9.17, 15) is 14.9 Å². The summed E-state index contributed by atoms with van der Waals surface area (Å²) in [5.74, 6) is 1.50. The highest BCUT2D eigenvalue weighted by atomic mass is 16.6. The molecule has 0 fully saturated rings. The third kappa shape index (κ3) is 6.84. The van der Waals surface area contributed by atoms with Crippen LogP contribution in [-0.2, 0) is 11.4 Å². The van der Waals surface area contributed by atoms with E-state index in [0.717, 1.165) is 11.1 Å². The molecule has 32 heavy (non-hydrogen) atoms. The van der Waals surface area contributed by atoms with E-state index in [0.29, 0.717) is 17.2 Å². The van der Waals surface area contributed by atoms with Crippen LogP contribution in [0.3, 0.4) is 0 Å². The number of nitrogens with one attached hydrogen (secondary N) is 1. The third-order valence-corrected chi connectivity index (χ3v) is 4.26. The van der Waals surface area contributed by atoms with Crippen LogP contribution in [0.5, 0.6) is 17.2 Å². The van der Waals surface area contributed by atoms with Crippen molar-refractivity contribution >= 4 is 17.8 Å². The van der Waals surface area contributed by atoms with Gasteiger partial charge in [-0.15, -0.1) is 0 Å². The minimum Gasteiger partial charge on any atom is -0.497 e. The molecule has 1 amide bonds. The van der Waals surface area contributed by atoms with Crippen LogP contribution in [0.15, 0.2) is 77.9 Å². The average molecular weight is 435 g/mol. The summed E-state index contributed by atoms with van der Waals surface area (Å²) in [5.41, 5.74) is 4.03. The smallest absolute Gasteiger partial charge is 0.277 e. The summed E-state index contributed by atoms with van der Waals surface area (Å²) in [6, 6.07) is 20.2. The van der Waals surface area contributed by atoms with Gasteiger partial charge in [-0.1, -0.05) is 0 Å². The van der Waals surface area contributed by atoms with Crippen LogP contribution >= 0.6 is 0 Å². The van der Waals surface area contributed by atoms with Crippen molar-refractivity contribution in [3.8, 4) is 17.2 Å². The summed E-state index contributed by atoms with van der Waals surface area (Å²) in [7, 11) is 1.57. The Bertz CT molecular complexity index is 1060. The first kappa shape index (κ1) is 22.3. The van der Waals surface area contributed by atoms with E-state index < -0.39 is 4.92 Å². The lowest BCUT2D eigenvalue weighted by Gasteiger charge is -2.07. The third-order valence-electron chi connectivity index (χ3n) is 4.26. The molecule has 0 aliphatic carbocycles. The zero-order valence-corrected chi connectivity index (χ0v) is 17.3. The van der Waals surface area contributed by atoms with Gasteiger partial charge in [0.1, 0.15) is 23.9 Å². The van der Waals surface area contributed by atoms with Crippen LogP contribution < -0.4 is 19.6 Å². The number of ether oxygens (including phenoxy) is 3. The first-order valence-electron chi connectivity index (χ1n) is 9.58. The number of nitrogens with zero attached hydrogens (tertiary/aromatic N) is 2. The Kier molecular flexibility index (Phi) is 7.74. The van der Waals surface area contributed by atoms with Crippen molar-refractivity contribution in [2.24, 2.45) is 5.10 Å². The number of carbonyl (C=O) groups is 1. The molecule has 3 aromatic carbocycles. The molecule has 0 spiro atoms. The monoisotopic (exact) mass is 435 g/mol. The van der Waals surface area contributed by atoms with Gasteiger partial charge in [0, 0.05) is 12.1 Å². The molecule has 9 nitrogen and oxygen atoms in total. The zero-order chi connectivity index (χ0) is 22.8. The van der Waals surface area contributed by atoms with Crippen molar-refractivity contribution in [3.63, 3.8) is 0 Å². The second-order valence-corrected chi connectivity index (χ2v) is 6.54. The maximum atomic E-state index is 11.8. The fourth-order valence-electron chi connectivity index (χ4n) is 2.56.